The van der Waals surface area contributed by atoms with Crippen LogP contribution in [0.1, 0.15) is 34.4 Å². The van der Waals surface area contributed by atoms with Crippen LogP contribution in [0.2, 0.25) is 0 Å². The summed E-state index contributed by atoms with van der Waals surface area (Å²) < 4.78 is 12.4. The number of ether oxygens (including phenoxy) is 1. The molecule has 7 nitrogen and oxygen atoms in total. The molecule has 0 bridgehead atoms. The van der Waals surface area contributed by atoms with Crippen molar-refractivity contribution in [3.63, 3.8) is 0 Å². The van der Waals surface area contributed by atoms with Gasteiger partial charge in [0.1, 0.15) is 23.2 Å². The van der Waals surface area contributed by atoms with Crippen LogP contribution in [0.15, 0.2) is 58.5 Å². The van der Waals surface area contributed by atoms with E-state index in [0.29, 0.717) is 29.3 Å². The summed E-state index contributed by atoms with van der Waals surface area (Å²) in [7, 11) is 0. The van der Waals surface area contributed by atoms with Gasteiger partial charge in [0.05, 0.1) is 12.2 Å². The average Bonchev–Trinajstić information content (AvgIpc) is 3.34. The van der Waals surface area contributed by atoms with E-state index in [1.165, 1.54) is 6.08 Å². The van der Waals surface area contributed by atoms with Gasteiger partial charge in [-0.25, -0.2) is 4.79 Å². The number of furan rings is 1. The Bertz CT molecular complexity index is 1140. The van der Waals surface area contributed by atoms with Crippen molar-refractivity contribution in [1.82, 2.24) is 4.68 Å². The van der Waals surface area contributed by atoms with Gasteiger partial charge in [0.2, 0.25) is 0 Å². The second-order valence-electron chi connectivity index (χ2n) is 6.57. The van der Waals surface area contributed by atoms with E-state index in [9.17, 15) is 14.9 Å². The number of nitriles is 1. The summed E-state index contributed by atoms with van der Waals surface area (Å²) in [5.74, 6) is -0.103. The van der Waals surface area contributed by atoms with Crippen LogP contribution in [0.3, 0.4) is 0 Å². The SMILES string of the molecule is CCOC(=O)c1cccc(-c2ccc(/C=C(/C#N)C(=O)Nn3c(C)ccc3C)o2)c1. The minimum Gasteiger partial charge on any atom is -0.462 e. The van der Waals surface area contributed by atoms with Crippen LogP contribution in [0.5, 0.6) is 0 Å². The summed E-state index contributed by atoms with van der Waals surface area (Å²) in [6.07, 6.45) is 1.38. The normalized spacial score (nSPS) is 11.1. The number of nitrogens with one attached hydrogen (secondary N) is 1. The highest BCUT2D eigenvalue weighted by molar-refractivity contribution is 6.06. The van der Waals surface area contributed by atoms with Crippen LogP contribution in [-0.4, -0.2) is 23.2 Å². The minimum absolute atomic E-state index is 0.0938. The molecule has 0 atom stereocenters. The number of nitrogens with zero attached hydrogens (tertiary/aromatic N) is 2. The first-order chi connectivity index (χ1) is 14.4. The molecule has 0 saturated heterocycles. The molecule has 3 rings (SSSR count). The molecule has 1 aromatic carbocycles. The van der Waals surface area contributed by atoms with Crippen molar-refractivity contribution in [3.05, 3.63) is 76.8 Å². The fourth-order valence-electron chi connectivity index (χ4n) is 2.90. The number of rotatable bonds is 6. The first-order valence-electron chi connectivity index (χ1n) is 9.38. The van der Waals surface area contributed by atoms with Crippen molar-refractivity contribution in [2.45, 2.75) is 20.8 Å². The lowest BCUT2D eigenvalue weighted by atomic mass is 10.1. The Hall–Kier alpha value is -4.05. The van der Waals surface area contributed by atoms with Gasteiger partial charge < -0.3 is 9.15 Å². The Morgan fingerprint density at radius 2 is 1.90 bits per heavy atom. The maximum Gasteiger partial charge on any atom is 0.338 e. The number of benzene rings is 1. The van der Waals surface area contributed by atoms with E-state index in [1.54, 1.807) is 48.0 Å². The van der Waals surface area contributed by atoms with E-state index in [0.717, 1.165) is 11.4 Å². The highest BCUT2D eigenvalue weighted by Crippen LogP contribution is 2.24. The predicted octanol–water partition coefficient (Wildman–Crippen LogP) is 4.22. The van der Waals surface area contributed by atoms with Crippen LogP contribution in [-0.2, 0) is 9.53 Å². The monoisotopic (exact) mass is 403 g/mol. The van der Waals surface area contributed by atoms with E-state index in [4.69, 9.17) is 9.15 Å². The minimum atomic E-state index is -0.540. The van der Waals surface area contributed by atoms with Crippen molar-refractivity contribution in [2.75, 3.05) is 12.0 Å². The zero-order valence-corrected chi connectivity index (χ0v) is 16.9. The molecule has 0 unspecified atom stereocenters. The molecule has 0 aliphatic carbocycles. The molecular formula is C23H21N3O4. The largest absolute Gasteiger partial charge is 0.462 e. The second-order valence-corrected chi connectivity index (χ2v) is 6.57. The van der Waals surface area contributed by atoms with Gasteiger partial charge in [0, 0.05) is 23.0 Å². The van der Waals surface area contributed by atoms with Gasteiger partial charge in [-0.2, -0.15) is 5.26 Å². The molecule has 0 aliphatic heterocycles. The van der Waals surface area contributed by atoms with Crippen LogP contribution in [0.25, 0.3) is 17.4 Å². The lowest BCUT2D eigenvalue weighted by Crippen LogP contribution is -2.25. The topological polar surface area (TPSA) is 97.3 Å². The van der Waals surface area contributed by atoms with Crippen molar-refractivity contribution < 1.29 is 18.7 Å². The van der Waals surface area contributed by atoms with Crippen molar-refractivity contribution in [2.24, 2.45) is 0 Å². The Kier molecular flexibility index (Phi) is 6.18. The molecule has 0 spiro atoms. The summed E-state index contributed by atoms with van der Waals surface area (Å²) in [6, 6.07) is 15.9. The molecule has 1 amide bonds. The first-order valence-corrected chi connectivity index (χ1v) is 9.38. The van der Waals surface area contributed by atoms with Crippen LogP contribution < -0.4 is 5.43 Å². The maximum absolute atomic E-state index is 12.5. The highest BCUT2D eigenvalue weighted by atomic mass is 16.5. The van der Waals surface area contributed by atoms with Gasteiger partial charge >= 0.3 is 5.97 Å². The lowest BCUT2D eigenvalue weighted by Gasteiger charge is -2.10. The molecule has 152 valence electrons. The smallest absolute Gasteiger partial charge is 0.338 e. The summed E-state index contributed by atoms with van der Waals surface area (Å²) in [5.41, 5.74) is 5.39. The molecule has 1 N–H and O–H groups in total. The summed E-state index contributed by atoms with van der Waals surface area (Å²) >= 11 is 0. The fraction of sp³-hybridized carbons (Fsp3) is 0.174. The number of aryl methyl sites for hydroxylation is 2. The van der Waals surface area contributed by atoms with Crippen molar-refractivity contribution in [1.29, 1.82) is 5.26 Å². The molecular weight excluding hydrogens is 382 g/mol. The van der Waals surface area contributed by atoms with Gasteiger partial charge in [-0.3, -0.25) is 14.9 Å². The van der Waals surface area contributed by atoms with E-state index < -0.39 is 11.9 Å². The fourth-order valence-corrected chi connectivity index (χ4v) is 2.90. The molecule has 3 aromatic rings. The van der Waals surface area contributed by atoms with Crippen LogP contribution in [0.4, 0.5) is 0 Å². The third kappa shape index (κ3) is 4.50. The number of amides is 1. The zero-order chi connectivity index (χ0) is 21.7. The Balaban J connectivity index is 1.82. The molecule has 0 fully saturated rings. The molecule has 2 aromatic heterocycles. The van der Waals surface area contributed by atoms with E-state index in [-0.39, 0.29) is 5.57 Å². The zero-order valence-electron chi connectivity index (χ0n) is 16.9. The summed E-state index contributed by atoms with van der Waals surface area (Å²) in [4.78, 5) is 24.4. The Labute approximate surface area is 174 Å². The van der Waals surface area contributed by atoms with E-state index >= 15 is 0 Å². The molecule has 0 radical (unpaired) electrons. The maximum atomic E-state index is 12.5. The van der Waals surface area contributed by atoms with Crippen molar-refractivity contribution >= 4 is 18.0 Å². The highest BCUT2D eigenvalue weighted by Gasteiger charge is 2.14. The van der Waals surface area contributed by atoms with E-state index in [1.807, 2.05) is 32.0 Å². The number of aromatic nitrogens is 1. The Morgan fingerprint density at radius 3 is 2.57 bits per heavy atom. The number of carbonyl (C=O) groups excluding carboxylic acids is 2. The molecule has 2 heterocycles. The summed E-state index contributed by atoms with van der Waals surface area (Å²) in [5, 5.41) is 9.42. The first kappa shape index (κ1) is 20.7. The average molecular weight is 403 g/mol. The lowest BCUT2D eigenvalue weighted by molar-refractivity contribution is -0.113. The van der Waals surface area contributed by atoms with Crippen LogP contribution in [0, 0.1) is 25.2 Å². The molecule has 0 aliphatic rings. The summed E-state index contributed by atoms with van der Waals surface area (Å²) in [6.45, 7) is 5.74. The predicted molar refractivity (Wildman–Crippen MR) is 112 cm³/mol. The van der Waals surface area contributed by atoms with Gasteiger partial charge in [0.25, 0.3) is 5.91 Å². The van der Waals surface area contributed by atoms with E-state index in [2.05, 4.69) is 5.43 Å². The van der Waals surface area contributed by atoms with Gasteiger partial charge in [-0.1, -0.05) is 12.1 Å². The quantitative estimate of drug-likeness (QED) is 0.378. The van der Waals surface area contributed by atoms with Gasteiger partial charge in [-0.15, -0.1) is 0 Å². The van der Waals surface area contributed by atoms with Gasteiger partial charge in [0.15, 0.2) is 0 Å². The number of hydrogen-bond acceptors (Lipinski definition) is 5. The third-order valence-corrected chi connectivity index (χ3v) is 4.42. The molecule has 0 saturated carbocycles. The van der Waals surface area contributed by atoms with Gasteiger partial charge in [-0.05, 0) is 57.2 Å². The standard InChI is InChI=1S/C23H21N3O4/c1-4-29-23(28)18-7-5-6-17(12-18)21-11-10-20(30-21)13-19(14-24)22(27)25-26-15(2)8-9-16(26)3/h5-13H,4H2,1-3H3,(H,25,27)/b19-13-. The number of hydrogen-bond donors (Lipinski definition) is 1. The molecule has 7 heteroatoms. The number of carbonyl (C=O) groups is 2. The second kappa shape index (κ2) is 8.97. The molecule has 30 heavy (non-hydrogen) atoms. The number of esters is 1. The third-order valence-electron chi connectivity index (χ3n) is 4.42. The van der Waals surface area contributed by atoms with Crippen molar-refractivity contribution in [3.8, 4) is 17.4 Å². The van der Waals surface area contributed by atoms with Crippen LogP contribution >= 0.6 is 0 Å². The Morgan fingerprint density at radius 1 is 1.17 bits per heavy atom.